The van der Waals surface area contributed by atoms with Crippen LogP contribution in [0.4, 0.5) is 25.0 Å². The Balaban J connectivity index is 1.46. The maximum atomic E-state index is 14.9. The Kier molecular flexibility index (Phi) is 8.99. The molecule has 2 atom stereocenters. The van der Waals surface area contributed by atoms with Crippen LogP contribution < -0.4 is 10.6 Å². The highest BCUT2D eigenvalue weighted by Gasteiger charge is 2.33. The van der Waals surface area contributed by atoms with Crippen molar-refractivity contribution in [3.05, 3.63) is 83.2 Å². The number of fused-ring (bicyclic) bond motifs is 4. The van der Waals surface area contributed by atoms with E-state index >= 15 is 0 Å². The molecule has 242 valence electrons. The molecular weight excluding hydrogens is 632 g/mol. The average molecular weight is 662 g/mol. The number of aromatic amines is 1. The summed E-state index contributed by atoms with van der Waals surface area (Å²) in [6.45, 7) is 1.98. The topological polar surface area (TPSA) is 142 Å². The van der Waals surface area contributed by atoms with Crippen LogP contribution in [-0.4, -0.2) is 56.4 Å². The normalized spacial score (nSPS) is 18.3. The number of methoxy groups -OCH3 is 1. The molecule has 0 spiro atoms. The molecule has 47 heavy (non-hydrogen) atoms. The molecule has 0 saturated heterocycles. The summed E-state index contributed by atoms with van der Waals surface area (Å²) in [5.41, 5.74) is 2.85. The largest absolute Gasteiger partial charge is 0.453 e. The van der Waals surface area contributed by atoms with Gasteiger partial charge in [0.15, 0.2) is 5.82 Å². The number of rotatable bonds is 4. The second-order valence-electron chi connectivity index (χ2n) is 11.4. The first-order valence-electron chi connectivity index (χ1n) is 14.9. The van der Waals surface area contributed by atoms with Crippen molar-refractivity contribution < 1.29 is 27.9 Å². The molecule has 14 heteroatoms. The van der Waals surface area contributed by atoms with Crippen LogP contribution in [0, 0.1) is 17.6 Å². The standard InChI is InChI=1S/C33H30ClF2N7O4/c1-17-4-3-5-25(43-11-10-18(12-26(43)44)27-23(35)9-8-22(34)28(27)36)31-41-29(19-14-37-16-38-15-19)30(42-31)21-7-6-20(39-33(46)47-2)13-24(21)40-32(17)45/h6-9,12-17,25H,3-5,10-11H2,1-2H3,(H,39,46)(H,40,45)(H,41,42)/t17-,25?/m1/s1. The maximum Gasteiger partial charge on any atom is 0.411 e. The Hall–Kier alpha value is -5.17. The van der Waals surface area contributed by atoms with E-state index in [2.05, 4.69) is 25.6 Å². The van der Waals surface area contributed by atoms with E-state index in [4.69, 9.17) is 21.3 Å². The summed E-state index contributed by atoms with van der Waals surface area (Å²) in [7, 11) is 1.25. The number of H-pyrrole nitrogens is 1. The first-order valence-corrected chi connectivity index (χ1v) is 15.3. The number of aromatic nitrogens is 4. The lowest BCUT2D eigenvalue weighted by atomic mass is 9.95. The summed E-state index contributed by atoms with van der Waals surface area (Å²) in [5, 5.41) is 5.38. The average Bonchev–Trinajstić information content (AvgIpc) is 3.50. The zero-order valence-corrected chi connectivity index (χ0v) is 26.2. The third-order valence-electron chi connectivity index (χ3n) is 8.36. The van der Waals surface area contributed by atoms with Gasteiger partial charge >= 0.3 is 6.09 Å². The quantitative estimate of drug-likeness (QED) is 0.205. The first kappa shape index (κ1) is 31.8. The van der Waals surface area contributed by atoms with E-state index in [0.29, 0.717) is 59.0 Å². The molecule has 11 nitrogen and oxygen atoms in total. The highest BCUT2D eigenvalue weighted by molar-refractivity contribution is 6.31. The van der Waals surface area contributed by atoms with Gasteiger partial charge in [-0.1, -0.05) is 24.9 Å². The monoisotopic (exact) mass is 661 g/mol. The Morgan fingerprint density at radius 1 is 1.13 bits per heavy atom. The van der Waals surface area contributed by atoms with Gasteiger partial charge in [0, 0.05) is 47.7 Å². The number of carbonyl (C=O) groups is 3. The summed E-state index contributed by atoms with van der Waals surface area (Å²) in [5.74, 6) is -2.29. The molecule has 0 aliphatic carbocycles. The number of anilines is 2. The van der Waals surface area contributed by atoms with E-state index in [1.54, 1.807) is 35.5 Å². The zero-order valence-electron chi connectivity index (χ0n) is 25.4. The van der Waals surface area contributed by atoms with Crippen LogP contribution in [0.3, 0.4) is 0 Å². The SMILES string of the molecule is COC(=O)Nc1ccc2c(c1)NC(=O)[C@H](C)CCCC(N1CCC(c3c(F)ccc(Cl)c3F)=CC1=O)c1nc-2c(-c2cncnc2)[nH]1. The lowest BCUT2D eigenvalue weighted by Crippen LogP contribution is -2.38. The highest BCUT2D eigenvalue weighted by atomic mass is 35.5. The minimum absolute atomic E-state index is 0.162. The Morgan fingerprint density at radius 3 is 2.66 bits per heavy atom. The van der Waals surface area contributed by atoms with Crippen molar-refractivity contribution in [1.82, 2.24) is 24.8 Å². The van der Waals surface area contributed by atoms with E-state index in [0.717, 1.165) is 12.1 Å². The fourth-order valence-electron chi connectivity index (χ4n) is 5.91. The predicted octanol–water partition coefficient (Wildman–Crippen LogP) is 6.76. The molecule has 6 rings (SSSR count). The van der Waals surface area contributed by atoms with E-state index in [1.165, 1.54) is 19.5 Å². The van der Waals surface area contributed by atoms with Crippen LogP contribution in [0.2, 0.25) is 5.02 Å². The third kappa shape index (κ3) is 6.43. The molecule has 0 radical (unpaired) electrons. The molecule has 1 unspecified atom stereocenters. The minimum atomic E-state index is -0.911. The van der Waals surface area contributed by atoms with Crippen LogP contribution in [-0.2, 0) is 14.3 Å². The number of amides is 3. The van der Waals surface area contributed by atoms with E-state index < -0.39 is 29.7 Å². The van der Waals surface area contributed by atoms with Crippen molar-refractivity contribution in [2.24, 2.45) is 5.92 Å². The summed E-state index contributed by atoms with van der Waals surface area (Å²) in [4.78, 5) is 57.3. The Bertz CT molecular complexity index is 1900. The molecule has 3 amide bonds. The fraction of sp³-hybridized carbons (Fsp3) is 0.273. The summed E-state index contributed by atoms with van der Waals surface area (Å²) in [6, 6.07) is 6.64. The van der Waals surface area contributed by atoms with Gasteiger partial charge in [-0.2, -0.15) is 0 Å². The number of halogens is 3. The van der Waals surface area contributed by atoms with Crippen molar-refractivity contribution in [2.45, 2.75) is 38.6 Å². The van der Waals surface area contributed by atoms with E-state index in [9.17, 15) is 23.2 Å². The lowest BCUT2D eigenvalue weighted by Gasteiger charge is -2.33. The number of benzene rings is 2. The zero-order chi connectivity index (χ0) is 33.2. The number of ether oxygens (including phenoxy) is 1. The number of nitrogens with zero attached hydrogens (tertiary/aromatic N) is 4. The second-order valence-corrected chi connectivity index (χ2v) is 11.8. The van der Waals surface area contributed by atoms with Crippen LogP contribution in [0.5, 0.6) is 0 Å². The van der Waals surface area contributed by atoms with Gasteiger partial charge in [0.1, 0.15) is 18.0 Å². The van der Waals surface area contributed by atoms with Crippen molar-refractivity contribution in [2.75, 3.05) is 24.3 Å². The van der Waals surface area contributed by atoms with Crippen LogP contribution in [0.15, 0.2) is 55.1 Å². The second kappa shape index (κ2) is 13.3. The molecule has 2 aliphatic heterocycles. The van der Waals surface area contributed by atoms with Crippen molar-refractivity contribution in [1.29, 1.82) is 0 Å². The molecule has 2 aromatic carbocycles. The molecule has 0 saturated carbocycles. The Morgan fingerprint density at radius 2 is 1.91 bits per heavy atom. The third-order valence-corrected chi connectivity index (χ3v) is 8.65. The fourth-order valence-corrected chi connectivity index (χ4v) is 6.07. The molecule has 2 aliphatic rings. The molecule has 2 bridgehead atoms. The number of imidazole rings is 1. The van der Waals surface area contributed by atoms with E-state index in [1.807, 2.05) is 6.92 Å². The maximum absolute atomic E-state index is 14.9. The van der Waals surface area contributed by atoms with Crippen molar-refractivity contribution >= 4 is 46.5 Å². The van der Waals surface area contributed by atoms with Crippen molar-refractivity contribution in [3.8, 4) is 22.5 Å². The van der Waals surface area contributed by atoms with Gasteiger partial charge in [0.2, 0.25) is 11.8 Å². The van der Waals surface area contributed by atoms with Crippen molar-refractivity contribution in [3.63, 3.8) is 0 Å². The van der Waals surface area contributed by atoms with E-state index in [-0.39, 0.29) is 40.9 Å². The van der Waals surface area contributed by atoms with Gasteiger partial charge in [-0.3, -0.25) is 14.9 Å². The summed E-state index contributed by atoms with van der Waals surface area (Å²) >= 11 is 5.93. The molecule has 4 heterocycles. The molecular formula is C33H30ClF2N7O4. The molecule has 0 fully saturated rings. The number of carbonyl (C=O) groups excluding carboxylic acids is 3. The molecule has 2 aromatic heterocycles. The van der Waals surface area contributed by atoms with Gasteiger partial charge in [-0.05, 0) is 55.2 Å². The van der Waals surface area contributed by atoms with Gasteiger partial charge in [0.05, 0.1) is 40.8 Å². The van der Waals surface area contributed by atoms with Gasteiger partial charge < -0.3 is 19.9 Å². The number of hydrogen-bond acceptors (Lipinski definition) is 7. The number of nitrogens with one attached hydrogen (secondary N) is 3. The molecule has 3 N–H and O–H groups in total. The predicted molar refractivity (Wildman–Crippen MR) is 171 cm³/mol. The summed E-state index contributed by atoms with van der Waals surface area (Å²) in [6.07, 6.45) is 6.91. The smallest absolute Gasteiger partial charge is 0.411 e. The highest BCUT2D eigenvalue weighted by Crippen LogP contribution is 2.40. The van der Waals surface area contributed by atoms with Crippen LogP contribution in [0.25, 0.3) is 28.1 Å². The van der Waals surface area contributed by atoms with Gasteiger partial charge in [0.25, 0.3) is 0 Å². The minimum Gasteiger partial charge on any atom is -0.453 e. The number of hydrogen-bond donors (Lipinski definition) is 3. The van der Waals surface area contributed by atoms with Gasteiger partial charge in [-0.25, -0.2) is 28.5 Å². The van der Waals surface area contributed by atoms with Gasteiger partial charge in [-0.15, -0.1) is 0 Å². The van der Waals surface area contributed by atoms with Crippen LogP contribution in [0.1, 0.15) is 50.0 Å². The first-order chi connectivity index (χ1) is 22.6. The lowest BCUT2D eigenvalue weighted by molar-refractivity contribution is -0.129. The van der Waals surface area contributed by atoms with Crippen LogP contribution >= 0.6 is 11.6 Å². The summed E-state index contributed by atoms with van der Waals surface area (Å²) < 4.78 is 34.3. The Labute approximate surface area is 273 Å². The molecule has 4 aromatic rings.